The monoisotopic (exact) mass is 275 g/mol. The van der Waals surface area contributed by atoms with Crippen LogP contribution in [0.25, 0.3) is 0 Å². The van der Waals surface area contributed by atoms with Crippen molar-refractivity contribution in [1.82, 2.24) is 0 Å². The summed E-state index contributed by atoms with van der Waals surface area (Å²) < 4.78 is 43.9. The average molecular weight is 275 g/mol. The summed E-state index contributed by atoms with van der Waals surface area (Å²) >= 11 is 0. The number of halogens is 3. The van der Waals surface area contributed by atoms with Gasteiger partial charge in [-0.2, -0.15) is 0 Å². The lowest BCUT2D eigenvalue weighted by Gasteiger charge is -2.17. The number of hydrogen-bond donors (Lipinski definition) is 1. The summed E-state index contributed by atoms with van der Waals surface area (Å²) in [6.07, 6.45) is 1.98. The molecule has 0 aliphatic heterocycles. The van der Waals surface area contributed by atoms with E-state index < -0.39 is 29.5 Å². The van der Waals surface area contributed by atoms with Gasteiger partial charge in [0, 0.05) is 12.1 Å². The Bertz CT molecular complexity index is 452. The van der Waals surface area contributed by atoms with Crippen LogP contribution in [0.3, 0.4) is 0 Å². The summed E-state index contributed by atoms with van der Waals surface area (Å²) in [6, 6.07) is 0.336. The van der Waals surface area contributed by atoms with Crippen LogP contribution in [-0.4, -0.2) is 19.1 Å². The Morgan fingerprint density at radius 2 is 1.89 bits per heavy atom. The molecule has 0 saturated carbocycles. The van der Waals surface area contributed by atoms with Crippen molar-refractivity contribution < 1.29 is 22.7 Å². The molecular weight excluding hydrogens is 259 g/mol. The lowest BCUT2D eigenvalue weighted by molar-refractivity contribution is -0.141. The Morgan fingerprint density at radius 1 is 1.26 bits per heavy atom. The van der Waals surface area contributed by atoms with Crippen LogP contribution in [0.2, 0.25) is 0 Å². The van der Waals surface area contributed by atoms with Gasteiger partial charge in [-0.05, 0) is 6.42 Å². The Balaban J connectivity index is 2.89. The van der Waals surface area contributed by atoms with Crippen molar-refractivity contribution in [3.63, 3.8) is 0 Å². The normalized spacial score (nSPS) is 12.1. The molecule has 0 amide bonds. The van der Waals surface area contributed by atoms with Gasteiger partial charge >= 0.3 is 5.97 Å². The van der Waals surface area contributed by atoms with E-state index in [9.17, 15) is 18.0 Å². The zero-order chi connectivity index (χ0) is 14.4. The van der Waals surface area contributed by atoms with E-state index in [-0.39, 0.29) is 5.69 Å². The van der Waals surface area contributed by atoms with Gasteiger partial charge in [-0.25, -0.2) is 18.0 Å². The molecule has 0 aliphatic rings. The van der Waals surface area contributed by atoms with Crippen molar-refractivity contribution in [2.75, 3.05) is 12.4 Å². The van der Waals surface area contributed by atoms with Crippen LogP contribution in [0.15, 0.2) is 12.1 Å². The molecule has 3 nitrogen and oxygen atoms in total. The molecular formula is C13H16F3NO2. The maximum atomic E-state index is 13.5. The molecule has 19 heavy (non-hydrogen) atoms. The number of anilines is 1. The third kappa shape index (κ3) is 4.15. The molecule has 0 bridgehead atoms. The summed E-state index contributed by atoms with van der Waals surface area (Å²) in [6.45, 7) is 1.94. The van der Waals surface area contributed by atoms with Crippen LogP contribution in [0.4, 0.5) is 18.9 Å². The molecule has 0 radical (unpaired) electrons. The number of hydrogen-bond acceptors (Lipinski definition) is 3. The maximum Gasteiger partial charge on any atom is 0.328 e. The van der Waals surface area contributed by atoms with Crippen LogP contribution in [0, 0.1) is 17.5 Å². The predicted octanol–water partition coefficient (Wildman–Crippen LogP) is 3.25. The van der Waals surface area contributed by atoms with Gasteiger partial charge in [0.1, 0.15) is 11.9 Å². The van der Waals surface area contributed by atoms with E-state index in [1.54, 1.807) is 0 Å². The van der Waals surface area contributed by atoms with E-state index in [0.29, 0.717) is 18.6 Å². The van der Waals surface area contributed by atoms with Crippen molar-refractivity contribution in [2.45, 2.75) is 32.2 Å². The first-order valence-electron chi connectivity index (χ1n) is 5.98. The molecule has 0 aromatic heterocycles. The van der Waals surface area contributed by atoms with Gasteiger partial charge in [0.2, 0.25) is 0 Å². The fraction of sp³-hybridized carbons (Fsp3) is 0.462. The third-order valence-electron chi connectivity index (χ3n) is 2.67. The van der Waals surface area contributed by atoms with Crippen molar-refractivity contribution in [3.05, 3.63) is 29.6 Å². The largest absolute Gasteiger partial charge is 0.467 e. The lowest BCUT2D eigenvalue weighted by Crippen LogP contribution is -2.31. The Morgan fingerprint density at radius 3 is 2.47 bits per heavy atom. The van der Waals surface area contributed by atoms with Crippen LogP contribution < -0.4 is 5.32 Å². The van der Waals surface area contributed by atoms with Crippen LogP contribution >= 0.6 is 0 Å². The molecule has 1 N–H and O–H groups in total. The maximum absolute atomic E-state index is 13.5. The smallest absolute Gasteiger partial charge is 0.328 e. The van der Waals surface area contributed by atoms with Gasteiger partial charge in [-0.3, -0.25) is 0 Å². The second-order valence-electron chi connectivity index (χ2n) is 4.11. The van der Waals surface area contributed by atoms with E-state index in [1.165, 1.54) is 7.11 Å². The average Bonchev–Trinajstić information content (AvgIpc) is 2.39. The number of rotatable bonds is 6. The van der Waals surface area contributed by atoms with Crippen molar-refractivity contribution in [2.24, 2.45) is 0 Å². The lowest BCUT2D eigenvalue weighted by atomic mass is 10.1. The van der Waals surface area contributed by atoms with Gasteiger partial charge in [0.25, 0.3) is 0 Å². The van der Waals surface area contributed by atoms with Gasteiger partial charge in [-0.15, -0.1) is 0 Å². The highest BCUT2D eigenvalue weighted by Crippen LogP contribution is 2.20. The quantitative estimate of drug-likeness (QED) is 0.639. The minimum atomic E-state index is -1.27. The van der Waals surface area contributed by atoms with Crippen molar-refractivity contribution in [1.29, 1.82) is 0 Å². The third-order valence-corrected chi connectivity index (χ3v) is 2.67. The molecule has 0 spiro atoms. The summed E-state index contributed by atoms with van der Waals surface area (Å²) in [5.41, 5.74) is -0.259. The standard InChI is InChI=1S/C13H16F3NO2/c1-3-4-5-11(13(18)19-2)17-12-7-9(15)8(14)6-10(12)16/h6-7,11,17H,3-5H2,1-2H3. The fourth-order valence-electron chi connectivity index (χ4n) is 1.62. The zero-order valence-corrected chi connectivity index (χ0v) is 10.8. The highest BCUT2D eigenvalue weighted by molar-refractivity contribution is 5.79. The highest BCUT2D eigenvalue weighted by atomic mass is 19.2. The first-order valence-corrected chi connectivity index (χ1v) is 5.98. The molecule has 0 fully saturated rings. The van der Waals surface area contributed by atoms with Gasteiger partial charge in [-0.1, -0.05) is 19.8 Å². The number of ether oxygens (including phenoxy) is 1. The van der Waals surface area contributed by atoms with Crippen LogP contribution in [0.1, 0.15) is 26.2 Å². The molecule has 1 aromatic rings. The first kappa shape index (κ1) is 15.3. The van der Waals surface area contributed by atoms with Crippen molar-refractivity contribution in [3.8, 4) is 0 Å². The SMILES string of the molecule is CCCCC(Nc1cc(F)c(F)cc1F)C(=O)OC. The van der Waals surface area contributed by atoms with Gasteiger partial charge in [0.15, 0.2) is 11.6 Å². The molecule has 1 unspecified atom stereocenters. The Hall–Kier alpha value is -1.72. The fourth-order valence-corrected chi connectivity index (χ4v) is 1.62. The molecule has 1 atom stereocenters. The van der Waals surface area contributed by atoms with E-state index in [1.807, 2.05) is 6.92 Å². The van der Waals surface area contributed by atoms with E-state index in [2.05, 4.69) is 10.1 Å². The number of esters is 1. The highest BCUT2D eigenvalue weighted by Gasteiger charge is 2.20. The van der Waals surface area contributed by atoms with Gasteiger partial charge in [0.05, 0.1) is 12.8 Å². The van der Waals surface area contributed by atoms with E-state index in [4.69, 9.17) is 0 Å². The van der Waals surface area contributed by atoms with E-state index in [0.717, 1.165) is 12.8 Å². The molecule has 0 heterocycles. The molecule has 0 saturated heterocycles. The first-order chi connectivity index (χ1) is 8.99. The Labute approximate surface area is 109 Å². The van der Waals surface area contributed by atoms with Crippen LogP contribution in [0.5, 0.6) is 0 Å². The van der Waals surface area contributed by atoms with Crippen LogP contribution in [-0.2, 0) is 9.53 Å². The summed E-state index contributed by atoms with van der Waals surface area (Å²) in [5.74, 6) is -3.98. The molecule has 1 aromatic carbocycles. The predicted molar refractivity (Wildman–Crippen MR) is 65.3 cm³/mol. The number of carbonyl (C=O) groups is 1. The van der Waals surface area contributed by atoms with Gasteiger partial charge < -0.3 is 10.1 Å². The number of carbonyl (C=O) groups excluding carboxylic acids is 1. The topological polar surface area (TPSA) is 38.3 Å². The minimum absolute atomic E-state index is 0.259. The second kappa shape index (κ2) is 7.01. The summed E-state index contributed by atoms with van der Waals surface area (Å²) in [5, 5.41) is 2.54. The zero-order valence-electron chi connectivity index (χ0n) is 10.8. The number of benzene rings is 1. The Kier molecular flexibility index (Phi) is 5.66. The summed E-state index contributed by atoms with van der Waals surface area (Å²) in [4.78, 5) is 11.5. The van der Waals surface area contributed by atoms with E-state index >= 15 is 0 Å². The molecule has 6 heteroatoms. The number of unbranched alkanes of at least 4 members (excludes halogenated alkanes) is 1. The minimum Gasteiger partial charge on any atom is -0.467 e. The molecule has 1 rings (SSSR count). The number of nitrogens with one attached hydrogen (secondary N) is 1. The van der Waals surface area contributed by atoms with Crippen molar-refractivity contribution >= 4 is 11.7 Å². The number of methoxy groups -OCH3 is 1. The summed E-state index contributed by atoms with van der Waals surface area (Å²) in [7, 11) is 1.21. The molecule has 0 aliphatic carbocycles. The second-order valence-corrected chi connectivity index (χ2v) is 4.11. The molecule has 106 valence electrons.